The van der Waals surface area contributed by atoms with Gasteiger partial charge in [-0.2, -0.15) is 0 Å². The molecule has 1 aliphatic heterocycles. The van der Waals surface area contributed by atoms with Crippen LogP contribution in [-0.4, -0.2) is 58.3 Å². The number of nitrogens with zero attached hydrogens (tertiary/aromatic N) is 2. The Balaban J connectivity index is 1.78. The Hall–Kier alpha value is -1.60. The van der Waals surface area contributed by atoms with E-state index in [1.165, 1.54) is 45.2 Å². The maximum absolute atomic E-state index is 11.8. The van der Waals surface area contributed by atoms with Gasteiger partial charge >= 0.3 is 0 Å². The van der Waals surface area contributed by atoms with Crippen LogP contribution in [0.1, 0.15) is 50.7 Å². The molecule has 0 radical (unpaired) electrons. The molecule has 6 nitrogen and oxygen atoms in total. The first-order valence-corrected chi connectivity index (χ1v) is 12.7. The molecule has 1 heterocycles. The zero-order valence-corrected chi connectivity index (χ0v) is 19.3. The maximum Gasteiger partial charge on any atom is 0.191 e. The number of aryl methyl sites for hydroxylation is 1. The molecule has 0 atom stereocenters. The fourth-order valence-electron chi connectivity index (χ4n) is 3.69. The first-order valence-electron chi connectivity index (χ1n) is 10.8. The second kappa shape index (κ2) is 11.6. The zero-order chi connectivity index (χ0) is 21.3. The summed E-state index contributed by atoms with van der Waals surface area (Å²) in [5.74, 6) is 1.70. The Labute approximate surface area is 177 Å². The molecule has 29 heavy (non-hydrogen) atoms. The zero-order valence-electron chi connectivity index (χ0n) is 18.5. The minimum atomic E-state index is -3.18. The molecule has 1 aromatic carbocycles. The summed E-state index contributed by atoms with van der Waals surface area (Å²) in [6.45, 7) is 12.2. The van der Waals surface area contributed by atoms with Crippen LogP contribution in [0, 0.1) is 12.8 Å². The third-order valence-corrected chi connectivity index (χ3v) is 6.73. The first-order chi connectivity index (χ1) is 13.8. The third-order valence-electron chi connectivity index (χ3n) is 5.47. The molecule has 0 bridgehead atoms. The highest BCUT2D eigenvalue weighted by Crippen LogP contribution is 2.17. The lowest BCUT2D eigenvalue weighted by atomic mass is 9.99. The Kier molecular flexibility index (Phi) is 9.43. The fourth-order valence-corrected chi connectivity index (χ4v) is 4.65. The summed E-state index contributed by atoms with van der Waals surface area (Å²) in [5.41, 5.74) is 1.77. The summed E-state index contributed by atoms with van der Waals surface area (Å²) >= 11 is 0. The SMILES string of the molecule is CCNC(=NCc1ccc(S(C)(=O)=O)c(C)c1)NCCCCN1CCC(C)CC1. The van der Waals surface area contributed by atoms with Gasteiger partial charge in [0.2, 0.25) is 0 Å². The number of sulfone groups is 1. The number of likely N-dealkylation sites (tertiary alicyclic amines) is 1. The van der Waals surface area contributed by atoms with Crippen molar-refractivity contribution in [1.29, 1.82) is 0 Å². The topological polar surface area (TPSA) is 73.8 Å². The van der Waals surface area contributed by atoms with Gasteiger partial charge in [0.25, 0.3) is 0 Å². The van der Waals surface area contributed by atoms with Gasteiger partial charge in [0.15, 0.2) is 15.8 Å². The van der Waals surface area contributed by atoms with Gasteiger partial charge in [-0.25, -0.2) is 13.4 Å². The van der Waals surface area contributed by atoms with E-state index in [0.717, 1.165) is 42.5 Å². The Morgan fingerprint density at radius 1 is 1.21 bits per heavy atom. The summed E-state index contributed by atoms with van der Waals surface area (Å²) in [5, 5.41) is 6.69. The lowest BCUT2D eigenvalue weighted by Gasteiger charge is -2.30. The van der Waals surface area contributed by atoms with E-state index in [1.807, 2.05) is 19.1 Å². The van der Waals surface area contributed by atoms with Crippen LogP contribution in [0.15, 0.2) is 28.1 Å². The van der Waals surface area contributed by atoms with Gasteiger partial charge in [0.05, 0.1) is 11.4 Å². The number of piperidine rings is 1. The van der Waals surface area contributed by atoms with E-state index in [1.54, 1.807) is 6.07 Å². The average molecular weight is 423 g/mol. The van der Waals surface area contributed by atoms with Crippen molar-refractivity contribution in [2.24, 2.45) is 10.9 Å². The second-order valence-electron chi connectivity index (χ2n) is 8.23. The normalized spacial score (nSPS) is 16.8. The van der Waals surface area contributed by atoms with Gasteiger partial charge in [-0.1, -0.05) is 19.1 Å². The van der Waals surface area contributed by atoms with Crippen LogP contribution in [0.5, 0.6) is 0 Å². The minimum Gasteiger partial charge on any atom is -0.357 e. The highest BCUT2D eigenvalue weighted by atomic mass is 32.2. The molecule has 1 aliphatic rings. The Morgan fingerprint density at radius 3 is 2.55 bits per heavy atom. The van der Waals surface area contributed by atoms with E-state index in [4.69, 9.17) is 0 Å². The van der Waals surface area contributed by atoms with E-state index in [0.29, 0.717) is 11.4 Å². The van der Waals surface area contributed by atoms with Crippen molar-refractivity contribution in [2.45, 2.75) is 57.9 Å². The molecule has 1 saturated heterocycles. The number of unbranched alkanes of at least 4 members (excludes halogenated alkanes) is 1. The molecular weight excluding hydrogens is 384 g/mol. The van der Waals surface area contributed by atoms with Crippen LogP contribution in [0.25, 0.3) is 0 Å². The summed E-state index contributed by atoms with van der Waals surface area (Å²) in [7, 11) is -3.18. The van der Waals surface area contributed by atoms with Gasteiger partial charge in [0, 0.05) is 19.3 Å². The number of nitrogens with one attached hydrogen (secondary N) is 2. The smallest absolute Gasteiger partial charge is 0.191 e. The second-order valence-corrected chi connectivity index (χ2v) is 10.2. The van der Waals surface area contributed by atoms with E-state index in [9.17, 15) is 8.42 Å². The molecule has 1 aromatic rings. The average Bonchev–Trinajstić information content (AvgIpc) is 2.66. The van der Waals surface area contributed by atoms with Crippen molar-refractivity contribution in [2.75, 3.05) is 39.0 Å². The van der Waals surface area contributed by atoms with Crippen molar-refractivity contribution in [1.82, 2.24) is 15.5 Å². The number of hydrogen-bond acceptors (Lipinski definition) is 4. The van der Waals surface area contributed by atoms with Gasteiger partial charge in [0.1, 0.15) is 0 Å². The third kappa shape index (κ3) is 8.34. The molecule has 2 N–H and O–H groups in total. The van der Waals surface area contributed by atoms with E-state index in [-0.39, 0.29) is 0 Å². The lowest BCUT2D eigenvalue weighted by Crippen LogP contribution is -2.38. The number of hydrogen-bond donors (Lipinski definition) is 2. The Bertz CT molecular complexity index is 769. The quantitative estimate of drug-likeness (QED) is 0.364. The van der Waals surface area contributed by atoms with Crippen LogP contribution < -0.4 is 10.6 Å². The van der Waals surface area contributed by atoms with E-state index in [2.05, 4.69) is 34.4 Å². The van der Waals surface area contributed by atoms with Gasteiger partial charge in [-0.15, -0.1) is 0 Å². The number of aliphatic imine (C=N–C) groups is 1. The Morgan fingerprint density at radius 2 is 1.93 bits per heavy atom. The number of rotatable bonds is 9. The lowest BCUT2D eigenvalue weighted by molar-refractivity contribution is 0.189. The summed E-state index contributed by atoms with van der Waals surface area (Å²) < 4.78 is 23.5. The predicted molar refractivity (Wildman–Crippen MR) is 121 cm³/mol. The first kappa shape index (κ1) is 23.7. The van der Waals surface area contributed by atoms with Crippen LogP contribution in [0.4, 0.5) is 0 Å². The molecule has 0 aliphatic carbocycles. The molecular formula is C22H38N4O2S. The predicted octanol–water partition coefficient (Wildman–Crippen LogP) is 2.97. The van der Waals surface area contributed by atoms with Gasteiger partial charge < -0.3 is 15.5 Å². The number of benzene rings is 1. The van der Waals surface area contributed by atoms with Crippen molar-refractivity contribution >= 4 is 15.8 Å². The van der Waals surface area contributed by atoms with Crippen LogP contribution in [0.3, 0.4) is 0 Å². The molecule has 0 unspecified atom stereocenters. The summed E-state index contributed by atoms with van der Waals surface area (Å²) in [4.78, 5) is 7.62. The molecule has 0 saturated carbocycles. The van der Waals surface area contributed by atoms with Crippen molar-refractivity contribution in [3.8, 4) is 0 Å². The molecule has 1 fully saturated rings. The molecule has 0 aromatic heterocycles. The number of guanidine groups is 1. The van der Waals surface area contributed by atoms with Crippen molar-refractivity contribution in [3.05, 3.63) is 29.3 Å². The fraction of sp³-hybridized carbons (Fsp3) is 0.682. The summed E-state index contributed by atoms with van der Waals surface area (Å²) in [6, 6.07) is 5.43. The maximum atomic E-state index is 11.8. The monoisotopic (exact) mass is 422 g/mol. The molecule has 0 amide bonds. The van der Waals surface area contributed by atoms with E-state index >= 15 is 0 Å². The van der Waals surface area contributed by atoms with Crippen molar-refractivity contribution < 1.29 is 8.42 Å². The molecule has 7 heteroatoms. The van der Waals surface area contributed by atoms with Gasteiger partial charge in [-0.05, 0) is 82.3 Å². The van der Waals surface area contributed by atoms with Crippen molar-refractivity contribution in [3.63, 3.8) is 0 Å². The van der Waals surface area contributed by atoms with Gasteiger partial charge in [-0.3, -0.25) is 0 Å². The molecule has 2 rings (SSSR count). The molecule has 0 spiro atoms. The van der Waals surface area contributed by atoms with E-state index < -0.39 is 9.84 Å². The highest BCUT2D eigenvalue weighted by molar-refractivity contribution is 7.90. The van der Waals surface area contributed by atoms with Crippen LogP contribution in [-0.2, 0) is 16.4 Å². The molecule has 164 valence electrons. The largest absolute Gasteiger partial charge is 0.357 e. The highest BCUT2D eigenvalue weighted by Gasteiger charge is 2.14. The van der Waals surface area contributed by atoms with Crippen LogP contribution in [0.2, 0.25) is 0 Å². The van der Waals surface area contributed by atoms with Crippen LogP contribution >= 0.6 is 0 Å². The minimum absolute atomic E-state index is 0.387. The summed E-state index contributed by atoms with van der Waals surface area (Å²) in [6.07, 6.45) is 6.23. The standard InChI is InChI=1S/C22H38N4O2S/c1-5-23-22(24-12-6-7-13-26-14-10-18(2)11-15-26)25-17-20-8-9-21(19(3)16-20)29(4,27)28/h8-9,16,18H,5-7,10-15,17H2,1-4H3,(H2,23,24,25).